The molecule has 0 saturated carbocycles. The van der Waals surface area contributed by atoms with E-state index < -0.39 is 0 Å². The number of nitrogens with zero attached hydrogens (tertiary/aromatic N) is 3. The molecule has 1 aromatic carbocycles. The zero-order valence-electron chi connectivity index (χ0n) is 13.4. The highest BCUT2D eigenvalue weighted by Crippen LogP contribution is 2.47. The normalized spacial score (nSPS) is 12.7. The second kappa shape index (κ2) is 5.39. The molecule has 0 saturated heterocycles. The summed E-state index contributed by atoms with van der Waals surface area (Å²) in [6, 6.07) is 15.0. The summed E-state index contributed by atoms with van der Waals surface area (Å²) in [4.78, 5) is 8.01. The molecule has 3 heterocycles. The van der Waals surface area contributed by atoms with Gasteiger partial charge in [0.15, 0.2) is 6.20 Å². The fraction of sp³-hybridized carbons (Fsp3) is 0.158. The lowest BCUT2D eigenvalue weighted by atomic mass is 10.0. The Morgan fingerprint density at radius 2 is 1.96 bits per heavy atom. The van der Waals surface area contributed by atoms with Crippen molar-refractivity contribution in [3.63, 3.8) is 0 Å². The van der Waals surface area contributed by atoms with E-state index in [2.05, 4.69) is 78.1 Å². The highest BCUT2D eigenvalue weighted by atomic mass is 32.2. The number of fused-ring (bicyclic) bond motifs is 2. The van der Waals surface area contributed by atoms with Crippen molar-refractivity contribution in [1.29, 1.82) is 0 Å². The minimum absolute atomic E-state index is 1.06. The lowest BCUT2D eigenvalue weighted by Crippen LogP contribution is -2.30. The number of hydrogen-bond acceptors (Lipinski definition) is 3. The van der Waals surface area contributed by atoms with Gasteiger partial charge in [-0.1, -0.05) is 11.8 Å². The van der Waals surface area contributed by atoms with Crippen molar-refractivity contribution in [2.45, 2.75) is 16.8 Å². The Morgan fingerprint density at radius 1 is 1.09 bits per heavy atom. The van der Waals surface area contributed by atoms with Gasteiger partial charge in [-0.3, -0.25) is 0 Å². The lowest BCUT2D eigenvalue weighted by molar-refractivity contribution is -0.660. The van der Waals surface area contributed by atoms with Gasteiger partial charge in [-0.15, -0.1) is 0 Å². The van der Waals surface area contributed by atoms with Crippen LogP contribution in [-0.2, 0) is 7.05 Å². The maximum absolute atomic E-state index is 4.53. The Morgan fingerprint density at radius 3 is 2.78 bits per heavy atom. The Hall–Kier alpha value is -2.33. The van der Waals surface area contributed by atoms with Crippen LogP contribution in [-0.4, -0.2) is 12.0 Å². The smallest absolute Gasteiger partial charge is 0.212 e. The summed E-state index contributed by atoms with van der Waals surface area (Å²) in [7, 11) is 4.20. The second-order valence-corrected chi connectivity index (χ2v) is 6.85. The summed E-state index contributed by atoms with van der Waals surface area (Å²) in [6.07, 6.45) is 3.95. The van der Waals surface area contributed by atoms with Crippen LogP contribution in [0.3, 0.4) is 0 Å². The van der Waals surface area contributed by atoms with E-state index in [1.807, 2.05) is 12.3 Å². The summed E-state index contributed by atoms with van der Waals surface area (Å²) in [5.74, 6) is 0. The summed E-state index contributed by atoms with van der Waals surface area (Å²) >= 11 is 1.75. The number of anilines is 2. The van der Waals surface area contributed by atoms with Gasteiger partial charge >= 0.3 is 0 Å². The van der Waals surface area contributed by atoms with Crippen molar-refractivity contribution in [3.8, 4) is 11.3 Å². The molecule has 1 aliphatic heterocycles. The number of aryl methyl sites for hydroxylation is 2. The third-order valence-electron chi connectivity index (χ3n) is 4.32. The van der Waals surface area contributed by atoms with E-state index in [1.165, 1.54) is 33.1 Å². The average Bonchev–Trinajstić information content (AvgIpc) is 2.56. The van der Waals surface area contributed by atoms with Gasteiger partial charge in [-0.25, -0.2) is 9.55 Å². The van der Waals surface area contributed by atoms with Gasteiger partial charge in [0.25, 0.3) is 0 Å². The first-order valence-electron chi connectivity index (χ1n) is 7.61. The molecule has 0 bridgehead atoms. The van der Waals surface area contributed by atoms with Gasteiger partial charge in [0.1, 0.15) is 12.1 Å². The molecule has 23 heavy (non-hydrogen) atoms. The maximum Gasteiger partial charge on any atom is 0.212 e. The third kappa shape index (κ3) is 2.30. The zero-order chi connectivity index (χ0) is 16.0. The SMILES string of the molecule is Cc1cc2c(cc1-c1cccc[n+]1C)Sc1ncccc1N2C. The van der Waals surface area contributed by atoms with Crippen LogP contribution in [0.4, 0.5) is 11.4 Å². The zero-order valence-corrected chi connectivity index (χ0v) is 14.3. The highest BCUT2D eigenvalue weighted by Gasteiger charge is 2.24. The monoisotopic (exact) mass is 320 g/mol. The van der Waals surface area contributed by atoms with Crippen LogP contribution in [0.1, 0.15) is 5.56 Å². The molecule has 4 heteroatoms. The molecule has 114 valence electrons. The van der Waals surface area contributed by atoms with Gasteiger partial charge < -0.3 is 4.90 Å². The fourth-order valence-electron chi connectivity index (χ4n) is 3.05. The Kier molecular flexibility index (Phi) is 3.34. The number of hydrogen-bond donors (Lipinski definition) is 0. The first kappa shape index (κ1) is 14.3. The Labute approximate surface area is 140 Å². The van der Waals surface area contributed by atoms with Crippen molar-refractivity contribution in [2.24, 2.45) is 7.05 Å². The molecule has 0 fully saturated rings. The molecule has 0 radical (unpaired) electrons. The quantitative estimate of drug-likeness (QED) is 0.629. The molecule has 3 aromatic rings. The number of rotatable bonds is 1. The van der Waals surface area contributed by atoms with E-state index in [0.29, 0.717) is 0 Å². The van der Waals surface area contributed by atoms with Gasteiger partial charge in [-0.05, 0) is 42.8 Å². The molecule has 2 aromatic heterocycles. The van der Waals surface area contributed by atoms with Gasteiger partial charge in [0, 0.05) is 30.3 Å². The van der Waals surface area contributed by atoms with Crippen LogP contribution in [0, 0.1) is 6.92 Å². The lowest BCUT2D eigenvalue weighted by Gasteiger charge is -2.29. The Bertz CT molecular complexity index is 905. The minimum Gasteiger partial charge on any atom is -0.341 e. The largest absolute Gasteiger partial charge is 0.341 e. The molecular weight excluding hydrogens is 302 g/mol. The molecule has 4 rings (SSSR count). The molecule has 0 atom stereocenters. The molecule has 0 N–H and O–H groups in total. The van der Waals surface area contributed by atoms with Crippen molar-refractivity contribution in [1.82, 2.24) is 4.98 Å². The standard InChI is InChI=1S/C19H18N3S/c1-13-11-17-18(12-14(13)15-7-4-5-10-21(15)2)23-19-16(22(17)3)8-6-9-20-19/h4-12H,1-3H3/q+1. The summed E-state index contributed by atoms with van der Waals surface area (Å²) in [6.45, 7) is 2.18. The van der Waals surface area contributed by atoms with E-state index in [-0.39, 0.29) is 0 Å². The molecule has 0 unspecified atom stereocenters. The van der Waals surface area contributed by atoms with Crippen molar-refractivity contribution in [2.75, 3.05) is 11.9 Å². The number of benzene rings is 1. The van der Waals surface area contributed by atoms with Crippen LogP contribution in [0.5, 0.6) is 0 Å². The third-order valence-corrected chi connectivity index (χ3v) is 5.37. The van der Waals surface area contributed by atoms with E-state index in [0.717, 1.165) is 5.03 Å². The highest BCUT2D eigenvalue weighted by molar-refractivity contribution is 7.99. The first-order chi connectivity index (χ1) is 11.1. The van der Waals surface area contributed by atoms with Gasteiger partial charge in [0.05, 0.1) is 16.9 Å². The molecule has 1 aliphatic rings. The van der Waals surface area contributed by atoms with Crippen LogP contribution < -0.4 is 9.47 Å². The van der Waals surface area contributed by atoms with Crippen molar-refractivity contribution in [3.05, 3.63) is 60.4 Å². The Balaban J connectivity index is 1.89. The molecular formula is C19H18N3S+. The number of aromatic nitrogens is 2. The van der Waals surface area contributed by atoms with Crippen LogP contribution in [0.15, 0.2) is 64.8 Å². The van der Waals surface area contributed by atoms with E-state index >= 15 is 0 Å². The van der Waals surface area contributed by atoms with Crippen molar-refractivity contribution >= 4 is 23.1 Å². The van der Waals surface area contributed by atoms with Crippen molar-refractivity contribution < 1.29 is 4.57 Å². The van der Waals surface area contributed by atoms with E-state index in [4.69, 9.17) is 0 Å². The summed E-state index contributed by atoms with van der Waals surface area (Å²) in [5.41, 5.74) is 6.19. The number of pyridine rings is 2. The summed E-state index contributed by atoms with van der Waals surface area (Å²) in [5, 5.41) is 1.06. The minimum atomic E-state index is 1.06. The topological polar surface area (TPSA) is 20.0 Å². The molecule has 0 spiro atoms. The molecule has 3 nitrogen and oxygen atoms in total. The van der Waals surface area contributed by atoms with E-state index in [9.17, 15) is 0 Å². The van der Waals surface area contributed by atoms with Crippen LogP contribution in [0.25, 0.3) is 11.3 Å². The maximum atomic E-state index is 4.53. The van der Waals surface area contributed by atoms with Crippen LogP contribution in [0.2, 0.25) is 0 Å². The second-order valence-electron chi connectivity index (χ2n) is 5.82. The van der Waals surface area contributed by atoms with Gasteiger partial charge in [0.2, 0.25) is 5.69 Å². The average molecular weight is 320 g/mol. The van der Waals surface area contributed by atoms with Crippen LogP contribution >= 0.6 is 11.8 Å². The first-order valence-corrected chi connectivity index (χ1v) is 8.43. The molecule has 0 aliphatic carbocycles. The fourth-order valence-corrected chi connectivity index (χ4v) is 4.15. The van der Waals surface area contributed by atoms with Gasteiger partial charge in [-0.2, -0.15) is 0 Å². The predicted octanol–water partition coefficient (Wildman–Crippen LogP) is 4.11. The molecule has 0 amide bonds. The van der Waals surface area contributed by atoms with E-state index in [1.54, 1.807) is 11.8 Å². The predicted molar refractivity (Wildman–Crippen MR) is 94.2 cm³/mol. The summed E-state index contributed by atoms with van der Waals surface area (Å²) < 4.78 is 2.16.